The fraction of sp³-hybridized carbons (Fsp3) is 0.500. The van der Waals surface area contributed by atoms with E-state index in [-0.39, 0.29) is 11.9 Å². The highest BCUT2D eigenvalue weighted by atomic mass is 32.1. The van der Waals surface area contributed by atoms with Gasteiger partial charge in [-0.05, 0) is 26.0 Å². The van der Waals surface area contributed by atoms with Crippen LogP contribution in [0.15, 0.2) is 18.3 Å². The quantitative estimate of drug-likeness (QED) is 0.873. The van der Waals surface area contributed by atoms with Crippen LogP contribution in [0, 0.1) is 6.92 Å². The van der Waals surface area contributed by atoms with E-state index in [4.69, 9.17) is 0 Å². The molecular formula is C16H22N4OS. The molecule has 1 atom stereocenters. The van der Waals surface area contributed by atoms with Crippen molar-refractivity contribution >= 4 is 17.2 Å². The summed E-state index contributed by atoms with van der Waals surface area (Å²) in [6.07, 6.45) is 1.89. The smallest absolute Gasteiger partial charge is 0.273 e. The summed E-state index contributed by atoms with van der Waals surface area (Å²) in [7, 11) is 3.52. The van der Waals surface area contributed by atoms with Crippen molar-refractivity contribution in [3.63, 3.8) is 0 Å². The van der Waals surface area contributed by atoms with Gasteiger partial charge in [0.1, 0.15) is 11.5 Å². The molecule has 2 aromatic rings. The summed E-state index contributed by atoms with van der Waals surface area (Å²) >= 11 is 1.85. The highest BCUT2D eigenvalue weighted by Gasteiger charge is 2.28. The Labute approximate surface area is 135 Å². The van der Waals surface area contributed by atoms with Gasteiger partial charge in [-0.25, -0.2) is 4.98 Å². The number of nitrogens with zero attached hydrogens (tertiary/aromatic N) is 4. The van der Waals surface area contributed by atoms with Gasteiger partial charge in [0.2, 0.25) is 0 Å². The third-order valence-electron chi connectivity index (χ3n) is 4.14. The molecule has 3 rings (SSSR count). The Morgan fingerprint density at radius 3 is 2.82 bits per heavy atom. The minimum atomic E-state index is -0.0328. The molecule has 0 unspecified atom stereocenters. The number of thiophene rings is 1. The monoisotopic (exact) mass is 318 g/mol. The summed E-state index contributed by atoms with van der Waals surface area (Å²) in [4.78, 5) is 23.4. The molecule has 0 N–H and O–H groups in total. The van der Waals surface area contributed by atoms with E-state index in [2.05, 4.69) is 40.4 Å². The minimum absolute atomic E-state index is 0.0328. The predicted molar refractivity (Wildman–Crippen MR) is 88.1 cm³/mol. The molecule has 22 heavy (non-hydrogen) atoms. The number of aryl methyl sites for hydroxylation is 1. The van der Waals surface area contributed by atoms with Crippen LogP contribution >= 0.6 is 11.3 Å². The second-order valence-electron chi connectivity index (χ2n) is 6.04. The number of amides is 1. The zero-order valence-electron chi connectivity index (χ0n) is 13.5. The van der Waals surface area contributed by atoms with Crippen molar-refractivity contribution in [2.75, 3.05) is 20.6 Å². The second kappa shape index (κ2) is 5.85. The predicted octanol–water partition coefficient (Wildman–Crippen LogP) is 2.53. The Bertz CT molecular complexity index is 688. The van der Waals surface area contributed by atoms with Crippen LogP contribution in [0.1, 0.15) is 39.0 Å². The number of carbonyl (C=O) groups excluding carboxylic acids is 1. The number of aromatic nitrogens is 2. The molecule has 5 nitrogen and oxygen atoms in total. The largest absolute Gasteiger partial charge is 0.343 e. The van der Waals surface area contributed by atoms with Gasteiger partial charge >= 0.3 is 0 Å². The van der Waals surface area contributed by atoms with Crippen LogP contribution in [0.4, 0.5) is 0 Å². The summed E-state index contributed by atoms with van der Waals surface area (Å²) in [5, 5.41) is 0. The van der Waals surface area contributed by atoms with E-state index in [0.717, 1.165) is 25.5 Å². The summed E-state index contributed by atoms with van der Waals surface area (Å²) < 4.78 is 2.12. The molecule has 0 saturated carbocycles. The van der Waals surface area contributed by atoms with Crippen molar-refractivity contribution in [2.45, 2.75) is 33.0 Å². The Kier molecular flexibility index (Phi) is 4.06. The Morgan fingerprint density at radius 2 is 2.18 bits per heavy atom. The topological polar surface area (TPSA) is 41.4 Å². The first-order valence-electron chi connectivity index (χ1n) is 7.54. The van der Waals surface area contributed by atoms with Crippen LogP contribution < -0.4 is 0 Å². The lowest BCUT2D eigenvalue weighted by Gasteiger charge is -2.33. The maximum absolute atomic E-state index is 12.1. The van der Waals surface area contributed by atoms with Crippen LogP contribution in [-0.4, -0.2) is 45.9 Å². The number of imidazole rings is 1. The van der Waals surface area contributed by atoms with Gasteiger partial charge in [-0.1, -0.05) is 0 Å². The van der Waals surface area contributed by atoms with E-state index in [1.807, 2.05) is 17.5 Å². The Morgan fingerprint density at radius 1 is 1.41 bits per heavy atom. The van der Waals surface area contributed by atoms with Crippen molar-refractivity contribution in [3.05, 3.63) is 39.6 Å². The summed E-state index contributed by atoms with van der Waals surface area (Å²) in [5.41, 5.74) is 0.542. The van der Waals surface area contributed by atoms with Crippen LogP contribution in [0.5, 0.6) is 0 Å². The van der Waals surface area contributed by atoms with Crippen LogP contribution in [0.2, 0.25) is 0 Å². The van der Waals surface area contributed by atoms with E-state index in [1.165, 1.54) is 9.75 Å². The average Bonchev–Trinajstić information content (AvgIpc) is 3.08. The average molecular weight is 318 g/mol. The van der Waals surface area contributed by atoms with E-state index >= 15 is 0 Å². The van der Waals surface area contributed by atoms with Crippen LogP contribution in [-0.2, 0) is 13.1 Å². The van der Waals surface area contributed by atoms with E-state index < -0.39 is 0 Å². The van der Waals surface area contributed by atoms with Crippen molar-refractivity contribution in [1.29, 1.82) is 0 Å². The lowest BCUT2D eigenvalue weighted by molar-refractivity contribution is 0.0822. The van der Waals surface area contributed by atoms with E-state index in [9.17, 15) is 4.79 Å². The summed E-state index contributed by atoms with van der Waals surface area (Å²) in [6, 6.07) is 4.60. The zero-order valence-corrected chi connectivity index (χ0v) is 14.4. The lowest BCUT2D eigenvalue weighted by atomic mass is 10.2. The van der Waals surface area contributed by atoms with Gasteiger partial charge in [-0.2, -0.15) is 0 Å². The van der Waals surface area contributed by atoms with Gasteiger partial charge in [-0.15, -0.1) is 11.3 Å². The van der Waals surface area contributed by atoms with Crippen molar-refractivity contribution in [2.24, 2.45) is 0 Å². The number of hydrogen-bond acceptors (Lipinski definition) is 4. The second-order valence-corrected chi connectivity index (χ2v) is 7.41. The fourth-order valence-corrected chi connectivity index (χ4v) is 3.77. The molecule has 118 valence electrons. The number of fused-ring (bicyclic) bond motifs is 1. The molecule has 2 aromatic heterocycles. The zero-order chi connectivity index (χ0) is 15.9. The molecule has 6 heteroatoms. The molecular weight excluding hydrogens is 296 g/mol. The normalized spacial score (nSPS) is 18.3. The molecule has 1 amide bonds. The van der Waals surface area contributed by atoms with E-state index in [1.54, 1.807) is 19.0 Å². The van der Waals surface area contributed by atoms with Gasteiger partial charge in [0.15, 0.2) is 0 Å². The lowest BCUT2D eigenvalue weighted by Crippen LogP contribution is -2.36. The molecule has 3 heterocycles. The van der Waals surface area contributed by atoms with Gasteiger partial charge in [-0.3, -0.25) is 9.69 Å². The maximum Gasteiger partial charge on any atom is 0.273 e. The molecule has 0 aliphatic carbocycles. The Balaban J connectivity index is 1.80. The van der Waals surface area contributed by atoms with Gasteiger partial charge in [0.05, 0.1) is 6.04 Å². The highest BCUT2D eigenvalue weighted by molar-refractivity contribution is 7.11. The first-order valence-corrected chi connectivity index (χ1v) is 8.35. The molecule has 0 bridgehead atoms. The molecule has 0 fully saturated rings. The van der Waals surface area contributed by atoms with E-state index in [0.29, 0.717) is 5.69 Å². The standard InChI is InChI=1S/C16H22N4OS/c1-11-5-6-13(22-11)9-19-7-8-20-10-14(16(21)18(3)4)17-15(20)12(19)2/h5-6,10,12H,7-9H2,1-4H3/t12-/m1/s1. The van der Waals surface area contributed by atoms with Crippen molar-refractivity contribution in [1.82, 2.24) is 19.4 Å². The minimum Gasteiger partial charge on any atom is -0.343 e. The number of carbonyl (C=O) groups is 1. The summed E-state index contributed by atoms with van der Waals surface area (Å²) in [6.45, 7) is 7.13. The van der Waals surface area contributed by atoms with Gasteiger partial charge in [0.25, 0.3) is 5.91 Å². The van der Waals surface area contributed by atoms with Crippen LogP contribution in [0.3, 0.4) is 0 Å². The molecule has 1 aliphatic heterocycles. The third-order valence-corrected chi connectivity index (χ3v) is 5.12. The molecule has 1 aliphatic rings. The van der Waals surface area contributed by atoms with Crippen molar-refractivity contribution in [3.8, 4) is 0 Å². The van der Waals surface area contributed by atoms with Gasteiger partial charge < -0.3 is 9.47 Å². The molecule has 0 spiro atoms. The summed E-state index contributed by atoms with van der Waals surface area (Å²) in [5.74, 6) is 0.958. The highest BCUT2D eigenvalue weighted by Crippen LogP contribution is 2.28. The maximum atomic E-state index is 12.1. The first kappa shape index (κ1) is 15.2. The number of rotatable bonds is 3. The molecule has 0 radical (unpaired) electrons. The third kappa shape index (κ3) is 2.80. The SMILES string of the molecule is Cc1ccc(CN2CCn3cc(C(=O)N(C)C)nc3[C@H]2C)s1. The molecule has 0 saturated heterocycles. The molecule has 0 aromatic carbocycles. The Hall–Kier alpha value is -1.66. The van der Waals surface area contributed by atoms with Crippen molar-refractivity contribution < 1.29 is 4.79 Å². The van der Waals surface area contributed by atoms with Crippen LogP contribution in [0.25, 0.3) is 0 Å². The number of hydrogen-bond donors (Lipinski definition) is 0. The fourth-order valence-electron chi connectivity index (χ4n) is 2.85. The van der Waals surface area contributed by atoms with Gasteiger partial charge in [0, 0.05) is 49.7 Å². The first-order chi connectivity index (χ1) is 10.5.